The molecule has 0 spiro atoms. The van der Waals surface area contributed by atoms with E-state index in [0.717, 1.165) is 5.56 Å². The molecule has 0 heterocycles. The third-order valence-corrected chi connectivity index (χ3v) is 4.45. The minimum atomic E-state index is -3.71. The van der Waals surface area contributed by atoms with Crippen molar-refractivity contribution in [2.75, 3.05) is 13.2 Å². The quantitative estimate of drug-likeness (QED) is 0.558. The van der Waals surface area contributed by atoms with Crippen molar-refractivity contribution >= 4 is 27.6 Å². The number of rotatable bonds is 8. The van der Waals surface area contributed by atoms with Gasteiger partial charge in [0.05, 0.1) is 4.90 Å². The Balaban J connectivity index is 1.68. The standard InChI is InChI=1S/C17H18ClNO5S/c18-14-2-1-3-15(12-14)23-10-11-24-17(20)9-6-13-4-7-16(8-5-13)25(19,21)22/h1-5,7-8,12H,6,9-11H2,(H2,19,21,22). The van der Waals surface area contributed by atoms with Crippen LogP contribution in [0.15, 0.2) is 53.4 Å². The van der Waals surface area contributed by atoms with Gasteiger partial charge in [-0.3, -0.25) is 4.79 Å². The molecule has 0 aromatic heterocycles. The predicted molar refractivity (Wildman–Crippen MR) is 94.0 cm³/mol. The van der Waals surface area contributed by atoms with Crippen LogP contribution in [0.25, 0.3) is 0 Å². The molecule has 0 saturated carbocycles. The fourth-order valence-electron chi connectivity index (χ4n) is 2.04. The van der Waals surface area contributed by atoms with Crippen LogP contribution in [0.1, 0.15) is 12.0 Å². The molecule has 8 heteroatoms. The number of hydrogen-bond donors (Lipinski definition) is 1. The molecule has 2 N–H and O–H groups in total. The van der Waals surface area contributed by atoms with Gasteiger partial charge in [-0.2, -0.15) is 0 Å². The SMILES string of the molecule is NS(=O)(=O)c1ccc(CCC(=O)OCCOc2cccc(Cl)c2)cc1. The molecule has 0 amide bonds. The van der Waals surface area contributed by atoms with E-state index in [0.29, 0.717) is 17.2 Å². The maximum absolute atomic E-state index is 11.7. The van der Waals surface area contributed by atoms with Crippen LogP contribution in [-0.4, -0.2) is 27.6 Å². The van der Waals surface area contributed by atoms with Gasteiger partial charge in [-0.1, -0.05) is 29.8 Å². The molecule has 0 atom stereocenters. The Labute approximate surface area is 151 Å². The summed E-state index contributed by atoms with van der Waals surface area (Å²) >= 11 is 5.84. The summed E-state index contributed by atoms with van der Waals surface area (Å²) in [6.45, 7) is 0.366. The molecule has 2 aromatic carbocycles. The second-order valence-electron chi connectivity index (χ2n) is 5.22. The van der Waals surface area contributed by atoms with E-state index in [4.69, 9.17) is 26.2 Å². The van der Waals surface area contributed by atoms with Crippen LogP contribution in [0.4, 0.5) is 0 Å². The first kappa shape index (κ1) is 19.2. The molecule has 0 fully saturated rings. The van der Waals surface area contributed by atoms with Crippen molar-refractivity contribution in [1.82, 2.24) is 0 Å². The molecule has 0 aliphatic rings. The number of benzene rings is 2. The second-order valence-corrected chi connectivity index (χ2v) is 7.21. The van der Waals surface area contributed by atoms with Crippen molar-refractivity contribution in [1.29, 1.82) is 0 Å². The summed E-state index contributed by atoms with van der Waals surface area (Å²) < 4.78 is 32.8. The second kappa shape index (κ2) is 8.84. The van der Waals surface area contributed by atoms with Crippen molar-refractivity contribution in [3.63, 3.8) is 0 Å². The van der Waals surface area contributed by atoms with Crippen LogP contribution >= 0.6 is 11.6 Å². The van der Waals surface area contributed by atoms with E-state index in [1.165, 1.54) is 12.1 Å². The number of carbonyl (C=O) groups excluding carboxylic acids is 1. The first-order chi connectivity index (χ1) is 11.8. The van der Waals surface area contributed by atoms with Crippen LogP contribution in [-0.2, 0) is 26.0 Å². The smallest absolute Gasteiger partial charge is 0.306 e. The van der Waals surface area contributed by atoms with Crippen molar-refractivity contribution in [2.45, 2.75) is 17.7 Å². The van der Waals surface area contributed by atoms with Crippen molar-refractivity contribution in [2.24, 2.45) is 5.14 Å². The largest absolute Gasteiger partial charge is 0.490 e. The lowest BCUT2D eigenvalue weighted by atomic mass is 10.1. The molecule has 0 aliphatic heterocycles. The minimum Gasteiger partial charge on any atom is -0.490 e. The first-order valence-corrected chi connectivity index (χ1v) is 9.43. The minimum absolute atomic E-state index is 0.0389. The number of halogens is 1. The van der Waals surface area contributed by atoms with Gasteiger partial charge in [0.1, 0.15) is 19.0 Å². The van der Waals surface area contributed by atoms with Gasteiger partial charge < -0.3 is 9.47 Å². The fourth-order valence-corrected chi connectivity index (χ4v) is 2.73. The van der Waals surface area contributed by atoms with E-state index in [2.05, 4.69) is 0 Å². The highest BCUT2D eigenvalue weighted by molar-refractivity contribution is 7.89. The Morgan fingerprint density at radius 3 is 2.44 bits per heavy atom. The molecule has 0 bridgehead atoms. The van der Waals surface area contributed by atoms with Gasteiger partial charge >= 0.3 is 5.97 Å². The average molecular weight is 384 g/mol. The average Bonchev–Trinajstić information content (AvgIpc) is 2.56. The fraction of sp³-hybridized carbons (Fsp3) is 0.235. The van der Waals surface area contributed by atoms with Crippen molar-refractivity contribution in [3.05, 3.63) is 59.1 Å². The molecular weight excluding hydrogens is 366 g/mol. The Bertz CT molecular complexity index is 821. The Morgan fingerprint density at radius 1 is 1.08 bits per heavy atom. The summed E-state index contributed by atoms with van der Waals surface area (Å²) in [6.07, 6.45) is 0.630. The predicted octanol–water partition coefficient (Wildman–Crippen LogP) is 2.54. The monoisotopic (exact) mass is 383 g/mol. The first-order valence-electron chi connectivity index (χ1n) is 7.50. The molecule has 0 saturated heterocycles. The zero-order chi connectivity index (χ0) is 18.3. The Morgan fingerprint density at radius 2 is 1.80 bits per heavy atom. The highest BCUT2D eigenvalue weighted by atomic mass is 35.5. The van der Waals surface area contributed by atoms with Crippen LogP contribution in [0.5, 0.6) is 5.75 Å². The number of nitrogens with two attached hydrogens (primary N) is 1. The molecule has 0 unspecified atom stereocenters. The van der Waals surface area contributed by atoms with Crippen LogP contribution in [0, 0.1) is 0 Å². The summed E-state index contributed by atoms with van der Waals surface area (Å²) in [5, 5.41) is 5.60. The third kappa shape index (κ3) is 6.74. The van der Waals surface area contributed by atoms with Gasteiger partial charge in [-0.25, -0.2) is 13.6 Å². The lowest BCUT2D eigenvalue weighted by Crippen LogP contribution is -2.13. The number of primary sulfonamides is 1. The third-order valence-electron chi connectivity index (χ3n) is 3.28. The van der Waals surface area contributed by atoms with E-state index in [1.54, 1.807) is 36.4 Å². The number of sulfonamides is 1. The summed E-state index contributed by atoms with van der Waals surface area (Å²) in [6, 6.07) is 13.0. The molecular formula is C17H18ClNO5S. The lowest BCUT2D eigenvalue weighted by molar-refractivity contribution is -0.144. The van der Waals surface area contributed by atoms with Crippen molar-refractivity contribution in [3.8, 4) is 5.75 Å². The summed E-state index contributed by atoms with van der Waals surface area (Å²) in [4.78, 5) is 11.7. The van der Waals surface area contributed by atoms with E-state index < -0.39 is 10.0 Å². The zero-order valence-corrected chi connectivity index (χ0v) is 14.9. The molecule has 25 heavy (non-hydrogen) atoms. The molecule has 0 radical (unpaired) electrons. The van der Waals surface area contributed by atoms with Gasteiger partial charge in [0.25, 0.3) is 0 Å². The topological polar surface area (TPSA) is 95.7 Å². The van der Waals surface area contributed by atoms with E-state index >= 15 is 0 Å². The Hall–Kier alpha value is -2.09. The lowest BCUT2D eigenvalue weighted by Gasteiger charge is -2.08. The van der Waals surface area contributed by atoms with E-state index in [1.807, 2.05) is 0 Å². The van der Waals surface area contributed by atoms with Crippen LogP contribution in [0.3, 0.4) is 0 Å². The highest BCUT2D eigenvalue weighted by Gasteiger charge is 2.08. The number of hydrogen-bond acceptors (Lipinski definition) is 5. The van der Waals surface area contributed by atoms with Gasteiger partial charge in [-0.15, -0.1) is 0 Å². The highest BCUT2D eigenvalue weighted by Crippen LogP contribution is 2.17. The molecule has 6 nitrogen and oxygen atoms in total. The van der Waals surface area contributed by atoms with Crippen LogP contribution < -0.4 is 9.88 Å². The molecule has 0 aliphatic carbocycles. The zero-order valence-electron chi connectivity index (χ0n) is 13.4. The molecule has 2 rings (SSSR count). The van der Waals surface area contributed by atoms with Gasteiger partial charge in [0, 0.05) is 11.4 Å². The number of ether oxygens (including phenoxy) is 2. The van der Waals surface area contributed by atoms with Crippen LogP contribution in [0.2, 0.25) is 5.02 Å². The van der Waals surface area contributed by atoms with Gasteiger partial charge in [0.2, 0.25) is 10.0 Å². The summed E-state index contributed by atoms with van der Waals surface area (Å²) in [7, 11) is -3.71. The van der Waals surface area contributed by atoms with Gasteiger partial charge in [0.15, 0.2) is 0 Å². The summed E-state index contributed by atoms with van der Waals surface area (Å²) in [5.41, 5.74) is 0.819. The molecule has 134 valence electrons. The number of carbonyl (C=O) groups is 1. The number of esters is 1. The molecule has 2 aromatic rings. The van der Waals surface area contributed by atoms with Gasteiger partial charge in [-0.05, 0) is 42.3 Å². The van der Waals surface area contributed by atoms with E-state index in [9.17, 15) is 13.2 Å². The maximum Gasteiger partial charge on any atom is 0.306 e. The van der Waals surface area contributed by atoms with Crippen molar-refractivity contribution < 1.29 is 22.7 Å². The maximum atomic E-state index is 11.7. The summed E-state index contributed by atoms with van der Waals surface area (Å²) in [5.74, 6) is 0.253. The Kier molecular flexibility index (Phi) is 6.81. The number of aryl methyl sites for hydroxylation is 1. The van der Waals surface area contributed by atoms with E-state index in [-0.39, 0.29) is 30.5 Å². The normalized spacial score (nSPS) is 11.1.